The number of esters is 1. The van der Waals surface area contributed by atoms with Gasteiger partial charge in [-0.2, -0.15) is 0 Å². The molecule has 102 valence electrons. The Balaban J connectivity index is 2.23. The van der Waals surface area contributed by atoms with Crippen LogP contribution in [0.4, 0.5) is 5.69 Å². The average molecular weight is 262 g/mol. The molecule has 0 bridgehead atoms. The van der Waals surface area contributed by atoms with E-state index in [1.54, 1.807) is 0 Å². The van der Waals surface area contributed by atoms with Gasteiger partial charge in [-0.25, -0.2) is 0 Å². The van der Waals surface area contributed by atoms with Crippen LogP contribution in [0, 0.1) is 11.3 Å². The van der Waals surface area contributed by atoms with Crippen molar-refractivity contribution in [3.05, 3.63) is 29.8 Å². The monoisotopic (exact) mass is 262 g/mol. The van der Waals surface area contributed by atoms with Crippen LogP contribution >= 0.6 is 0 Å². The Morgan fingerprint density at radius 2 is 2.26 bits per heavy atom. The van der Waals surface area contributed by atoms with E-state index in [1.165, 1.54) is 7.11 Å². The van der Waals surface area contributed by atoms with Crippen LogP contribution in [0.1, 0.15) is 12.0 Å². The van der Waals surface area contributed by atoms with Crippen molar-refractivity contribution in [2.75, 3.05) is 19.5 Å². The number of primary amides is 1. The van der Waals surface area contributed by atoms with E-state index in [0.717, 1.165) is 11.3 Å². The number of carbonyl (C=O) groups excluding carboxylic acids is 2. The standard InChI is InChI=1S/C14H18N2O3/c1-16-10-5-3-4-9(6-10)7-14(13(18)19-2)8-11(14)12(15)17/h3-6,11,16H,7-8H2,1-2H3,(H2,15,17). The highest BCUT2D eigenvalue weighted by Crippen LogP contribution is 2.55. The number of methoxy groups -OCH3 is 1. The minimum atomic E-state index is -0.771. The molecule has 2 atom stereocenters. The number of hydrogen-bond acceptors (Lipinski definition) is 4. The summed E-state index contributed by atoms with van der Waals surface area (Å²) < 4.78 is 4.82. The molecule has 1 saturated carbocycles. The van der Waals surface area contributed by atoms with Gasteiger partial charge in [-0.15, -0.1) is 0 Å². The highest BCUT2D eigenvalue weighted by molar-refractivity contribution is 5.93. The maximum Gasteiger partial charge on any atom is 0.312 e. The largest absolute Gasteiger partial charge is 0.469 e. The molecule has 1 aromatic carbocycles. The second-order valence-corrected chi connectivity index (χ2v) is 4.93. The van der Waals surface area contributed by atoms with E-state index < -0.39 is 17.2 Å². The number of carbonyl (C=O) groups is 2. The van der Waals surface area contributed by atoms with Gasteiger partial charge in [0.2, 0.25) is 5.91 Å². The Morgan fingerprint density at radius 1 is 1.53 bits per heavy atom. The van der Waals surface area contributed by atoms with Crippen molar-refractivity contribution in [1.82, 2.24) is 0 Å². The highest BCUT2D eigenvalue weighted by atomic mass is 16.5. The van der Waals surface area contributed by atoms with Crippen molar-refractivity contribution in [3.63, 3.8) is 0 Å². The molecule has 3 N–H and O–H groups in total. The van der Waals surface area contributed by atoms with Gasteiger partial charge in [-0.05, 0) is 30.5 Å². The summed E-state index contributed by atoms with van der Waals surface area (Å²) in [7, 11) is 3.17. The number of nitrogens with two attached hydrogens (primary N) is 1. The van der Waals surface area contributed by atoms with Gasteiger partial charge < -0.3 is 15.8 Å². The number of rotatable bonds is 5. The molecule has 1 aliphatic carbocycles. The molecular weight excluding hydrogens is 244 g/mol. The lowest BCUT2D eigenvalue weighted by molar-refractivity contribution is -0.148. The molecule has 1 aromatic rings. The minimum Gasteiger partial charge on any atom is -0.469 e. The van der Waals surface area contributed by atoms with Gasteiger partial charge in [0, 0.05) is 12.7 Å². The van der Waals surface area contributed by atoms with Crippen LogP contribution < -0.4 is 11.1 Å². The molecule has 5 heteroatoms. The van der Waals surface area contributed by atoms with Crippen molar-refractivity contribution in [2.24, 2.45) is 17.1 Å². The van der Waals surface area contributed by atoms with Gasteiger partial charge in [-0.1, -0.05) is 12.1 Å². The van der Waals surface area contributed by atoms with Gasteiger partial charge in [0.15, 0.2) is 0 Å². The molecule has 1 amide bonds. The molecule has 19 heavy (non-hydrogen) atoms. The summed E-state index contributed by atoms with van der Waals surface area (Å²) in [5.41, 5.74) is 6.50. The quantitative estimate of drug-likeness (QED) is 0.774. The van der Waals surface area contributed by atoms with E-state index >= 15 is 0 Å². The first-order chi connectivity index (χ1) is 9.03. The van der Waals surface area contributed by atoms with E-state index in [-0.39, 0.29) is 5.97 Å². The molecule has 2 unspecified atom stereocenters. The number of ether oxygens (including phenoxy) is 1. The van der Waals surface area contributed by atoms with Gasteiger partial charge in [-0.3, -0.25) is 9.59 Å². The van der Waals surface area contributed by atoms with E-state index in [0.29, 0.717) is 12.8 Å². The summed E-state index contributed by atoms with van der Waals surface area (Å²) in [6, 6.07) is 7.74. The maximum absolute atomic E-state index is 11.9. The Bertz CT molecular complexity index is 515. The molecular formula is C14H18N2O3. The number of hydrogen-bond donors (Lipinski definition) is 2. The zero-order chi connectivity index (χ0) is 14.0. The van der Waals surface area contributed by atoms with Crippen molar-refractivity contribution in [1.29, 1.82) is 0 Å². The van der Waals surface area contributed by atoms with Crippen LogP contribution in [0.3, 0.4) is 0 Å². The fourth-order valence-electron chi connectivity index (χ4n) is 2.58. The second kappa shape index (κ2) is 4.91. The maximum atomic E-state index is 11.9. The molecule has 0 heterocycles. The summed E-state index contributed by atoms with van der Waals surface area (Å²) in [6.45, 7) is 0. The van der Waals surface area contributed by atoms with Crippen LogP contribution in [0.5, 0.6) is 0 Å². The predicted molar refractivity (Wildman–Crippen MR) is 71.4 cm³/mol. The highest BCUT2D eigenvalue weighted by Gasteiger charge is 2.63. The normalized spacial score (nSPS) is 24.6. The first-order valence-corrected chi connectivity index (χ1v) is 6.18. The lowest BCUT2D eigenvalue weighted by atomic mass is 9.93. The zero-order valence-electron chi connectivity index (χ0n) is 11.1. The molecule has 1 aliphatic rings. The summed E-state index contributed by atoms with van der Waals surface area (Å²) in [5, 5.41) is 3.04. The fourth-order valence-corrected chi connectivity index (χ4v) is 2.58. The molecule has 5 nitrogen and oxygen atoms in total. The number of nitrogens with one attached hydrogen (secondary N) is 1. The minimum absolute atomic E-state index is 0.355. The Hall–Kier alpha value is -2.04. The summed E-state index contributed by atoms with van der Waals surface area (Å²) in [5.74, 6) is -1.21. The first kappa shape index (κ1) is 13.4. The molecule has 0 radical (unpaired) electrons. The topological polar surface area (TPSA) is 81.4 Å². The molecule has 0 spiro atoms. The third-order valence-electron chi connectivity index (χ3n) is 3.75. The van der Waals surface area contributed by atoms with Gasteiger partial charge >= 0.3 is 5.97 Å². The van der Waals surface area contributed by atoms with E-state index in [2.05, 4.69) is 5.32 Å². The molecule has 2 rings (SSSR count). The van der Waals surface area contributed by atoms with Crippen LogP contribution in [0.25, 0.3) is 0 Å². The predicted octanol–water partition coefficient (Wildman–Crippen LogP) is 0.935. The van der Waals surface area contributed by atoms with E-state index in [4.69, 9.17) is 10.5 Å². The lowest BCUT2D eigenvalue weighted by Crippen LogP contribution is -2.28. The van der Waals surface area contributed by atoms with Gasteiger partial charge in [0.1, 0.15) is 0 Å². The van der Waals surface area contributed by atoms with E-state index in [1.807, 2.05) is 31.3 Å². The number of benzene rings is 1. The summed E-state index contributed by atoms with van der Waals surface area (Å²) >= 11 is 0. The smallest absolute Gasteiger partial charge is 0.312 e. The number of anilines is 1. The fraction of sp³-hybridized carbons (Fsp3) is 0.429. The van der Waals surface area contributed by atoms with Crippen molar-refractivity contribution in [2.45, 2.75) is 12.8 Å². The average Bonchev–Trinajstić information content (AvgIpc) is 3.14. The first-order valence-electron chi connectivity index (χ1n) is 6.18. The number of amides is 1. The van der Waals surface area contributed by atoms with Crippen LogP contribution in [-0.4, -0.2) is 26.0 Å². The van der Waals surface area contributed by atoms with Gasteiger partial charge in [0.05, 0.1) is 18.4 Å². The van der Waals surface area contributed by atoms with Crippen LogP contribution in [-0.2, 0) is 20.7 Å². The van der Waals surface area contributed by atoms with Gasteiger partial charge in [0.25, 0.3) is 0 Å². The van der Waals surface area contributed by atoms with Crippen molar-refractivity contribution >= 4 is 17.6 Å². The third kappa shape index (κ3) is 2.41. The molecule has 0 saturated heterocycles. The lowest BCUT2D eigenvalue weighted by Gasteiger charge is -2.14. The van der Waals surface area contributed by atoms with Crippen molar-refractivity contribution in [3.8, 4) is 0 Å². The summed E-state index contributed by atoms with van der Waals surface area (Å²) in [6.07, 6.45) is 0.946. The SMILES string of the molecule is CNc1cccc(CC2(C(=O)OC)CC2C(N)=O)c1. The summed E-state index contributed by atoms with van der Waals surface area (Å²) in [4.78, 5) is 23.2. The second-order valence-electron chi connectivity index (χ2n) is 4.93. The zero-order valence-corrected chi connectivity index (χ0v) is 11.1. The Morgan fingerprint density at radius 3 is 2.79 bits per heavy atom. The molecule has 1 fully saturated rings. The van der Waals surface area contributed by atoms with E-state index in [9.17, 15) is 9.59 Å². The van der Waals surface area contributed by atoms with Crippen molar-refractivity contribution < 1.29 is 14.3 Å². The molecule has 0 aromatic heterocycles. The van der Waals surface area contributed by atoms with Crippen LogP contribution in [0.2, 0.25) is 0 Å². The third-order valence-corrected chi connectivity index (χ3v) is 3.75. The Kier molecular flexibility index (Phi) is 3.46. The Labute approximate surface area is 112 Å². The molecule has 0 aliphatic heterocycles. The van der Waals surface area contributed by atoms with Crippen LogP contribution in [0.15, 0.2) is 24.3 Å².